The lowest BCUT2D eigenvalue weighted by molar-refractivity contribution is -0.135. The number of Topliss-reactive ketones (excluding diaryl/α,β-unsaturated/α-hetero) is 1. The third-order valence-electron chi connectivity index (χ3n) is 10.5. The van der Waals surface area contributed by atoms with Crippen LogP contribution in [0.25, 0.3) is 0 Å². The molecule has 2 aliphatic rings. The van der Waals surface area contributed by atoms with E-state index in [4.69, 9.17) is 4.74 Å². The molecule has 0 bridgehead atoms. The van der Waals surface area contributed by atoms with Gasteiger partial charge in [-0.1, -0.05) is 94.8 Å². The van der Waals surface area contributed by atoms with E-state index in [0.717, 1.165) is 43.6 Å². The van der Waals surface area contributed by atoms with Gasteiger partial charge in [-0.25, -0.2) is 0 Å². The second-order valence-electron chi connectivity index (χ2n) is 16.5. The molecular formula is C44H65N5O6. The summed E-state index contributed by atoms with van der Waals surface area (Å²) in [6.45, 7) is 13.1. The Morgan fingerprint density at radius 1 is 0.673 bits per heavy atom. The minimum atomic E-state index is -1.02. The Morgan fingerprint density at radius 2 is 1.20 bits per heavy atom. The number of ether oxygens (including phenoxy) is 1. The number of epoxide rings is 1. The summed E-state index contributed by atoms with van der Waals surface area (Å²) in [5.41, 5.74) is 0.951. The molecule has 0 aliphatic carbocycles. The number of nitrogens with one attached hydrogen (secondary N) is 4. The smallest absolute Gasteiger partial charge is 0.243 e. The Labute approximate surface area is 328 Å². The molecule has 55 heavy (non-hydrogen) atoms. The number of likely N-dealkylation sites (tertiary alicyclic amines) is 1. The Hall–Kier alpha value is -4.09. The zero-order valence-corrected chi connectivity index (χ0v) is 33.7. The van der Waals surface area contributed by atoms with Crippen molar-refractivity contribution >= 4 is 29.4 Å². The molecule has 0 spiro atoms. The number of ketones is 1. The van der Waals surface area contributed by atoms with Gasteiger partial charge in [-0.05, 0) is 101 Å². The first-order valence-corrected chi connectivity index (χ1v) is 20.5. The molecule has 4 amide bonds. The molecule has 0 unspecified atom stereocenters. The first-order valence-electron chi connectivity index (χ1n) is 20.5. The number of benzene rings is 2. The molecule has 302 valence electrons. The van der Waals surface area contributed by atoms with Crippen LogP contribution in [0.5, 0.6) is 0 Å². The fourth-order valence-corrected chi connectivity index (χ4v) is 7.20. The van der Waals surface area contributed by atoms with E-state index in [-0.39, 0.29) is 29.9 Å². The first kappa shape index (κ1) is 43.6. The highest BCUT2D eigenvalue weighted by atomic mass is 16.6. The van der Waals surface area contributed by atoms with E-state index in [1.165, 1.54) is 19.3 Å². The van der Waals surface area contributed by atoms with Gasteiger partial charge in [0.25, 0.3) is 0 Å². The number of rotatable bonds is 23. The van der Waals surface area contributed by atoms with Crippen LogP contribution < -0.4 is 21.3 Å². The average Bonchev–Trinajstić information content (AvgIpc) is 3.92. The van der Waals surface area contributed by atoms with Gasteiger partial charge in [0.15, 0.2) is 5.78 Å². The van der Waals surface area contributed by atoms with E-state index in [2.05, 4.69) is 26.2 Å². The van der Waals surface area contributed by atoms with Crippen molar-refractivity contribution in [2.75, 3.05) is 26.2 Å². The predicted octanol–water partition coefficient (Wildman–Crippen LogP) is 4.91. The number of nitrogens with zero attached hydrogens (tertiary/aromatic N) is 1. The molecule has 11 nitrogen and oxygen atoms in total. The quantitative estimate of drug-likeness (QED) is 0.0930. The van der Waals surface area contributed by atoms with Crippen LogP contribution in [0.3, 0.4) is 0 Å². The van der Waals surface area contributed by atoms with Crippen molar-refractivity contribution in [2.24, 2.45) is 11.8 Å². The summed E-state index contributed by atoms with van der Waals surface area (Å²) in [4.78, 5) is 71.2. The number of carbonyl (C=O) groups is 5. The van der Waals surface area contributed by atoms with E-state index in [1.54, 1.807) is 6.92 Å². The summed E-state index contributed by atoms with van der Waals surface area (Å²) >= 11 is 0. The summed E-state index contributed by atoms with van der Waals surface area (Å²) in [6, 6.07) is 15.5. The molecule has 11 heteroatoms. The van der Waals surface area contributed by atoms with Crippen molar-refractivity contribution in [1.29, 1.82) is 0 Å². The zero-order chi connectivity index (χ0) is 39.8. The minimum absolute atomic E-state index is 0.0297. The molecule has 2 aromatic carbocycles. The van der Waals surface area contributed by atoms with Crippen LogP contribution in [-0.2, 0) is 41.6 Å². The second-order valence-corrected chi connectivity index (χ2v) is 16.5. The van der Waals surface area contributed by atoms with E-state index < -0.39 is 47.5 Å². The van der Waals surface area contributed by atoms with Crippen LogP contribution >= 0.6 is 0 Å². The molecule has 2 fully saturated rings. The third-order valence-corrected chi connectivity index (χ3v) is 10.5. The highest BCUT2D eigenvalue weighted by Gasteiger charge is 2.50. The summed E-state index contributed by atoms with van der Waals surface area (Å²) < 4.78 is 5.42. The van der Waals surface area contributed by atoms with Crippen molar-refractivity contribution < 1.29 is 28.7 Å². The lowest BCUT2D eigenvalue weighted by Gasteiger charge is -2.28. The monoisotopic (exact) mass is 759 g/mol. The molecule has 2 heterocycles. The second kappa shape index (κ2) is 21.9. The van der Waals surface area contributed by atoms with Crippen LogP contribution in [0.2, 0.25) is 0 Å². The first-order chi connectivity index (χ1) is 26.3. The normalized spacial score (nSPS) is 19.2. The molecule has 5 atom stereocenters. The van der Waals surface area contributed by atoms with Crippen molar-refractivity contribution in [1.82, 2.24) is 26.2 Å². The van der Waals surface area contributed by atoms with Gasteiger partial charge in [0.05, 0.1) is 12.6 Å². The van der Waals surface area contributed by atoms with E-state index >= 15 is 0 Å². The molecule has 4 N–H and O–H groups in total. The van der Waals surface area contributed by atoms with Crippen molar-refractivity contribution in [2.45, 2.75) is 135 Å². The molecule has 2 saturated heterocycles. The lowest BCUT2D eigenvalue weighted by Crippen LogP contribution is -2.59. The number of amides is 4. The standard InChI is InChI=1S/C44H65N5O6/c1-31(2)27-36(40(51)44(5)30-55-44)46-43(54)38(29-34-19-11-7-12-20-34)48-42(53)37(28-32(3)4)47-41(52)35(23-22-33-17-9-6-10-18-33)45-39(50)21-13-16-26-49-24-14-8-15-25-49/h6-7,9-12,17-20,31-32,35-38H,8,13-16,21-30H2,1-5H3,(H,45,50)(H,46,54)(H,47,52)(H,48,53)/t35-,36-,37-,38-,44-/m0/s1. The van der Waals surface area contributed by atoms with Crippen molar-refractivity contribution in [3.8, 4) is 0 Å². The maximum Gasteiger partial charge on any atom is 0.243 e. The number of hydrogen-bond donors (Lipinski definition) is 4. The fraction of sp³-hybridized carbons (Fsp3) is 0.614. The van der Waals surface area contributed by atoms with Gasteiger partial charge < -0.3 is 30.9 Å². The molecule has 4 rings (SSSR count). The number of aryl methyl sites for hydroxylation is 1. The highest BCUT2D eigenvalue weighted by Crippen LogP contribution is 2.29. The largest absolute Gasteiger partial charge is 0.361 e. The Kier molecular flexibility index (Phi) is 17.3. The molecule has 0 aromatic heterocycles. The SMILES string of the molecule is CC(C)C[C@H](NC(=O)[C@H](CCc1ccccc1)NC(=O)CCCCN1CCCCC1)C(=O)N[C@@H](Cc1ccccc1)C(=O)N[C@@H](CC(C)C)C(=O)[C@]1(C)CO1. The van der Waals surface area contributed by atoms with Crippen LogP contribution in [0.4, 0.5) is 0 Å². The molecule has 2 aromatic rings. The van der Waals surface area contributed by atoms with Gasteiger partial charge in [0, 0.05) is 12.8 Å². The average molecular weight is 760 g/mol. The highest BCUT2D eigenvalue weighted by molar-refractivity contribution is 5.98. The minimum Gasteiger partial charge on any atom is -0.361 e. The summed E-state index contributed by atoms with van der Waals surface area (Å²) in [6.07, 6.45) is 7.56. The van der Waals surface area contributed by atoms with Crippen LogP contribution in [0.15, 0.2) is 60.7 Å². The predicted molar refractivity (Wildman–Crippen MR) is 215 cm³/mol. The van der Waals surface area contributed by atoms with Gasteiger partial charge in [-0.15, -0.1) is 0 Å². The summed E-state index contributed by atoms with van der Waals surface area (Å²) in [5.74, 6) is -1.65. The Balaban J connectivity index is 1.46. The van der Waals surface area contributed by atoms with Crippen molar-refractivity contribution in [3.05, 3.63) is 71.8 Å². The van der Waals surface area contributed by atoms with E-state index in [0.29, 0.717) is 38.7 Å². The fourth-order valence-electron chi connectivity index (χ4n) is 7.20. The number of unbranched alkanes of at least 4 members (excludes halogenated alkanes) is 1. The Morgan fingerprint density at radius 3 is 1.80 bits per heavy atom. The third kappa shape index (κ3) is 15.2. The van der Waals surface area contributed by atoms with Gasteiger partial charge >= 0.3 is 0 Å². The maximum absolute atomic E-state index is 14.1. The van der Waals surface area contributed by atoms with Crippen LogP contribution in [0.1, 0.15) is 104 Å². The lowest BCUT2D eigenvalue weighted by atomic mass is 9.93. The van der Waals surface area contributed by atoms with Crippen LogP contribution in [-0.4, -0.2) is 90.3 Å². The van der Waals surface area contributed by atoms with Gasteiger partial charge in [-0.2, -0.15) is 0 Å². The molecule has 0 radical (unpaired) electrons. The zero-order valence-electron chi connectivity index (χ0n) is 33.7. The summed E-state index contributed by atoms with van der Waals surface area (Å²) in [7, 11) is 0. The number of carbonyl (C=O) groups excluding carboxylic acids is 5. The van der Waals surface area contributed by atoms with Gasteiger partial charge in [0.2, 0.25) is 23.6 Å². The number of hydrogen-bond acceptors (Lipinski definition) is 7. The Bertz CT molecular complexity index is 1520. The van der Waals surface area contributed by atoms with E-state index in [9.17, 15) is 24.0 Å². The molecule has 2 aliphatic heterocycles. The molecule has 0 saturated carbocycles. The maximum atomic E-state index is 14.1. The van der Waals surface area contributed by atoms with Gasteiger partial charge in [0.1, 0.15) is 23.7 Å². The van der Waals surface area contributed by atoms with Gasteiger partial charge in [-0.3, -0.25) is 24.0 Å². The topological polar surface area (TPSA) is 149 Å². The van der Waals surface area contributed by atoms with Crippen molar-refractivity contribution in [3.63, 3.8) is 0 Å². The summed E-state index contributed by atoms with van der Waals surface area (Å²) in [5, 5.41) is 11.8. The van der Waals surface area contributed by atoms with E-state index in [1.807, 2.05) is 88.4 Å². The van der Waals surface area contributed by atoms with Crippen LogP contribution in [0, 0.1) is 11.8 Å². The number of piperidine rings is 1. The molecular weight excluding hydrogens is 695 g/mol.